The molecule has 8 heteroatoms. The van der Waals surface area contributed by atoms with Gasteiger partial charge in [-0.1, -0.05) is 18.8 Å². The number of fused-ring (bicyclic) bond motifs is 1. The Morgan fingerprint density at radius 3 is 2.55 bits per heavy atom. The van der Waals surface area contributed by atoms with Gasteiger partial charge in [0.15, 0.2) is 0 Å². The van der Waals surface area contributed by atoms with Gasteiger partial charge >= 0.3 is 0 Å². The molecule has 0 bridgehead atoms. The lowest BCUT2D eigenvalue weighted by Crippen LogP contribution is -2.49. The molecule has 3 atom stereocenters. The van der Waals surface area contributed by atoms with Gasteiger partial charge in [0.2, 0.25) is 10.0 Å². The van der Waals surface area contributed by atoms with E-state index in [4.69, 9.17) is 4.74 Å². The van der Waals surface area contributed by atoms with E-state index >= 15 is 0 Å². The molecule has 0 spiro atoms. The molecule has 1 N–H and O–H groups in total. The van der Waals surface area contributed by atoms with E-state index in [-0.39, 0.29) is 30.1 Å². The van der Waals surface area contributed by atoms with Crippen molar-refractivity contribution in [1.29, 1.82) is 0 Å². The number of hydrogen-bond acceptors (Lipinski definition) is 6. The molecule has 1 aliphatic heterocycles. The summed E-state index contributed by atoms with van der Waals surface area (Å²) in [5, 5.41) is 9.65. The van der Waals surface area contributed by atoms with Gasteiger partial charge in [0.25, 0.3) is 0 Å². The van der Waals surface area contributed by atoms with Crippen LogP contribution in [0.2, 0.25) is 0 Å². The third-order valence-electron chi connectivity index (χ3n) is 4.84. The zero-order valence-electron chi connectivity index (χ0n) is 18.2. The van der Waals surface area contributed by atoms with Crippen LogP contribution in [0.1, 0.15) is 19.4 Å². The number of benzene rings is 1. The summed E-state index contributed by atoms with van der Waals surface area (Å²) >= 11 is 0. The zero-order valence-corrected chi connectivity index (χ0v) is 19.0. The lowest BCUT2D eigenvalue weighted by atomic mass is 10.0. The first-order chi connectivity index (χ1) is 13.6. The largest absolute Gasteiger partial charge is 0.487 e. The number of hydrogen-bond donors (Lipinski definition) is 1. The molecule has 0 aliphatic carbocycles. The first-order valence-corrected chi connectivity index (χ1v) is 11.2. The highest BCUT2D eigenvalue weighted by Gasteiger charge is 2.37. The fourth-order valence-electron chi connectivity index (χ4n) is 3.18. The molecule has 1 aliphatic rings. The molecular weight excluding hydrogens is 390 g/mol. The van der Waals surface area contributed by atoms with Gasteiger partial charge in [-0.3, -0.25) is 4.90 Å². The highest BCUT2D eigenvalue weighted by atomic mass is 32.2. The van der Waals surface area contributed by atoms with Crippen molar-refractivity contribution in [3.8, 4) is 17.6 Å². The van der Waals surface area contributed by atoms with Gasteiger partial charge in [-0.2, -0.15) is 4.31 Å². The smallest absolute Gasteiger partial charge is 0.247 e. The van der Waals surface area contributed by atoms with E-state index in [0.29, 0.717) is 24.4 Å². The lowest BCUT2D eigenvalue weighted by Gasteiger charge is -2.37. The minimum atomic E-state index is -3.81. The molecule has 1 aromatic rings. The van der Waals surface area contributed by atoms with Crippen molar-refractivity contribution in [3.05, 3.63) is 23.8 Å². The molecule has 0 amide bonds. The van der Waals surface area contributed by atoms with Crippen LogP contribution in [0.3, 0.4) is 0 Å². The predicted molar refractivity (Wildman–Crippen MR) is 114 cm³/mol. The molecule has 1 aromatic carbocycles. The normalized spacial score (nSPS) is 22.8. The van der Waals surface area contributed by atoms with Crippen LogP contribution in [0.15, 0.2) is 23.1 Å². The van der Waals surface area contributed by atoms with Crippen LogP contribution >= 0.6 is 0 Å². The Hall–Kier alpha value is -1.63. The van der Waals surface area contributed by atoms with Crippen LogP contribution in [0.4, 0.5) is 0 Å². The van der Waals surface area contributed by atoms with E-state index < -0.39 is 16.1 Å². The molecule has 0 radical (unpaired) electrons. The minimum Gasteiger partial charge on any atom is -0.487 e. The number of nitrogens with zero attached hydrogens (tertiary/aromatic N) is 3. The van der Waals surface area contributed by atoms with Crippen LogP contribution in [-0.4, -0.2) is 94.2 Å². The first-order valence-electron chi connectivity index (χ1n) is 9.78. The van der Waals surface area contributed by atoms with Gasteiger partial charge in [0, 0.05) is 30.6 Å². The minimum absolute atomic E-state index is 0.0576. The SMILES string of the molecule is C[C@H]1CN([C@@H](C)CO)S(=O)(=O)c2ccc(C#CCN(C)C)cc2O[C@@H]1CN(C)C. The molecule has 0 saturated carbocycles. The highest BCUT2D eigenvalue weighted by molar-refractivity contribution is 7.89. The summed E-state index contributed by atoms with van der Waals surface area (Å²) in [5.74, 6) is 6.39. The maximum absolute atomic E-state index is 13.3. The van der Waals surface area contributed by atoms with Gasteiger partial charge in [-0.25, -0.2) is 8.42 Å². The summed E-state index contributed by atoms with van der Waals surface area (Å²) in [5.41, 5.74) is 0.708. The van der Waals surface area contributed by atoms with Crippen LogP contribution in [-0.2, 0) is 10.0 Å². The first kappa shape index (κ1) is 23.6. The van der Waals surface area contributed by atoms with Crippen LogP contribution in [0, 0.1) is 17.8 Å². The van der Waals surface area contributed by atoms with E-state index in [0.717, 1.165) is 0 Å². The van der Waals surface area contributed by atoms with Crippen molar-refractivity contribution in [1.82, 2.24) is 14.1 Å². The van der Waals surface area contributed by atoms with Crippen LogP contribution in [0.25, 0.3) is 0 Å². The second-order valence-electron chi connectivity index (χ2n) is 8.20. The number of ether oxygens (including phenoxy) is 1. The highest BCUT2D eigenvalue weighted by Crippen LogP contribution is 2.34. The van der Waals surface area contributed by atoms with Gasteiger partial charge in [0.1, 0.15) is 16.7 Å². The summed E-state index contributed by atoms with van der Waals surface area (Å²) in [6.45, 7) is 5.00. The number of likely N-dealkylation sites (N-methyl/N-ethyl adjacent to an activating group) is 1. The van der Waals surface area contributed by atoms with E-state index in [2.05, 4.69) is 11.8 Å². The van der Waals surface area contributed by atoms with Crippen molar-refractivity contribution in [2.75, 3.05) is 54.4 Å². The van der Waals surface area contributed by atoms with Crippen molar-refractivity contribution in [3.63, 3.8) is 0 Å². The predicted octanol–water partition coefficient (Wildman–Crippen LogP) is 0.930. The molecule has 1 heterocycles. The Kier molecular flexibility index (Phi) is 8.09. The van der Waals surface area contributed by atoms with E-state index in [1.807, 2.05) is 44.9 Å². The molecular formula is C21H33N3O4S. The molecule has 0 unspecified atom stereocenters. The average molecular weight is 424 g/mol. The second kappa shape index (κ2) is 9.92. The topological polar surface area (TPSA) is 73.3 Å². The van der Waals surface area contributed by atoms with E-state index in [1.54, 1.807) is 25.1 Å². The lowest BCUT2D eigenvalue weighted by molar-refractivity contribution is 0.0812. The number of aliphatic hydroxyl groups excluding tert-OH is 1. The standard InChI is InChI=1S/C21H33N3O4S/c1-16-13-24(17(2)15-25)29(26,27)21-10-9-18(8-7-11-22(3)4)12-19(21)28-20(16)14-23(5)6/h9-10,12,16-17,20,25H,11,13-15H2,1-6H3/t16-,17-,20+/m0/s1. The Labute approximate surface area is 175 Å². The maximum atomic E-state index is 13.3. The summed E-state index contributed by atoms with van der Waals surface area (Å²) in [6.07, 6.45) is -0.197. The molecule has 0 saturated heterocycles. The summed E-state index contributed by atoms with van der Waals surface area (Å²) in [4.78, 5) is 4.11. The third kappa shape index (κ3) is 5.93. The Morgan fingerprint density at radius 2 is 1.97 bits per heavy atom. The number of sulfonamides is 1. The second-order valence-corrected chi connectivity index (χ2v) is 10.1. The van der Waals surface area contributed by atoms with Gasteiger partial charge in [-0.15, -0.1) is 0 Å². The Morgan fingerprint density at radius 1 is 1.28 bits per heavy atom. The summed E-state index contributed by atoms with van der Waals surface area (Å²) in [7, 11) is 3.99. The maximum Gasteiger partial charge on any atom is 0.247 e. The van der Waals surface area contributed by atoms with E-state index in [9.17, 15) is 13.5 Å². The van der Waals surface area contributed by atoms with Crippen LogP contribution < -0.4 is 4.74 Å². The van der Waals surface area contributed by atoms with E-state index in [1.165, 1.54) is 4.31 Å². The molecule has 0 aromatic heterocycles. The fourth-order valence-corrected chi connectivity index (χ4v) is 5.01. The third-order valence-corrected chi connectivity index (χ3v) is 6.86. The molecule has 162 valence electrons. The molecule has 7 nitrogen and oxygen atoms in total. The molecule has 29 heavy (non-hydrogen) atoms. The summed E-state index contributed by atoms with van der Waals surface area (Å²) < 4.78 is 34.3. The fraction of sp³-hybridized carbons (Fsp3) is 0.619. The van der Waals surface area contributed by atoms with Crippen molar-refractivity contribution < 1.29 is 18.3 Å². The van der Waals surface area contributed by atoms with Gasteiger partial charge in [-0.05, 0) is 53.3 Å². The zero-order chi connectivity index (χ0) is 21.8. The Balaban J connectivity index is 2.56. The Bertz CT molecular complexity index is 858. The van der Waals surface area contributed by atoms with Gasteiger partial charge in [0.05, 0.1) is 13.2 Å². The number of aliphatic hydroxyl groups is 1. The average Bonchev–Trinajstić information content (AvgIpc) is 2.63. The summed E-state index contributed by atoms with van der Waals surface area (Å²) in [6, 6.07) is 4.45. The number of rotatable bonds is 5. The van der Waals surface area contributed by atoms with Crippen molar-refractivity contribution >= 4 is 10.0 Å². The molecule has 2 rings (SSSR count). The van der Waals surface area contributed by atoms with Crippen LogP contribution in [0.5, 0.6) is 5.75 Å². The van der Waals surface area contributed by atoms with Crippen molar-refractivity contribution in [2.45, 2.75) is 30.9 Å². The molecule has 0 fully saturated rings. The van der Waals surface area contributed by atoms with Crippen molar-refractivity contribution in [2.24, 2.45) is 5.92 Å². The monoisotopic (exact) mass is 423 g/mol. The van der Waals surface area contributed by atoms with Gasteiger partial charge < -0.3 is 14.7 Å². The quantitative estimate of drug-likeness (QED) is 0.711.